The number of carbonyl (C=O) groups is 2. The van der Waals surface area contributed by atoms with Crippen molar-refractivity contribution in [1.29, 1.82) is 5.26 Å². The number of amides is 2. The Morgan fingerprint density at radius 2 is 2.12 bits per heavy atom. The van der Waals surface area contributed by atoms with Crippen molar-refractivity contribution in [2.45, 2.75) is 18.9 Å². The Kier molecular flexibility index (Phi) is 5.19. The van der Waals surface area contributed by atoms with E-state index in [0.717, 1.165) is 17.7 Å². The van der Waals surface area contributed by atoms with Gasteiger partial charge in [-0.1, -0.05) is 12.1 Å². The van der Waals surface area contributed by atoms with Crippen LogP contribution in [0.1, 0.15) is 23.2 Å². The maximum absolute atomic E-state index is 12.7. The minimum atomic E-state index is -0.399. The Hall–Kier alpha value is -2.92. The van der Waals surface area contributed by atoms with Crippen LogP contribution in [0.5, 0.6) is 0 Å². The van der Waals surface area contributed by atoms with Crippen molar-refractivity contribution in [3.63, 3.8) is 0 Å². The van der Waals surface area contributed by atoms with Gasteiger partial charge < -0.3 is 5.32 Å². The third-order valence-electron chi connectivity index (χ3n) is 4.45. The predicted molar refractivity (Wildman–Crippen MR) is 99.7 cm³/mol. The van der Waals surface area contributed by atoms with Gasteiger partial charge in [0.15, 0.2) is 11.3 Å². The predicted octanol–water partition coefficient (Wildman–Crippen LogP) is 2.08. The number of aromatic nitrogens is 1. The second kappa shape index (κ2) is 7.54. The summed E-state index contributed by atoms with van der Waals surface area (Å²) >= 11 is 1.38. The van der Waals surface area contributed by atoms with Gasteiger partial charge in [0.05, 0.1) is 5.69 Å². The number of nitrogens with one attached hydrogen (secondary N) is 1. The van der Waals surface area contributed by atoms with Gasteiger partial charge in [-0.15, -0.1) is 11.3 Å². The normalized spacial score (nSPS) is 16.2. The number of benzene rings is 1. The molecule has 1 fully saturated rings. The molecule has 8 heteroatoms. The van der Waals surface area contributed by atoms with Crippen LogP contribution in [0.3, 0.4) is 0 Å². The summed E-state index contributed by atoms with van der Waals surface area (Å²) in [5.74, 6) is -0.251. The fourth-order valence-electron chi connectivity index (χ4n) is 2.95. The maximum Gasteiger partial charge on any atom is 0.251 e. The highest BCUT2D eigenvalue weighted by Crippen LogP contribution is 2.29. The van der Waals surface area contributed by atoms with Gasteiger partial charge in [0.25, 0.3) is 11.8 Å². The van der Waals surface area contributed by atoms with Crippen molar-refractivity contribution in [3.8, 4) is 17.5 Å². The fourth-order valence-corrected chi connectivity index (χ4v) is 3.75. The van der Waals surface area contributed by atoms with Crippen LogP contribution in [0.25, 0.3) is 11.3 Å². The molecule has 7 nitrogen and oxygen atoms in total. The Bertz CT molecular complexity index is 855. The van der Waals surface area contributed by atoms with E-state index in [-0.39, 0.29) is 11.8 Å². The summed E-state index contributed by atoms with van der Waals surface area (Å²) in [5, 5.41) is 14.2. The molecule has 0 bridgehead atoms. The van der Waals surface area contributed by atoms with Crippen LogP contribution in [0, 0.1) is 11.5 Å². The van der Waals surface area contributed by atoms with Crippen molar-refractivity contribution in [1.82, 2.24) is 15.2 Å². The second-order valence-corrected chi connectivity index (χ2v) is 6.86. The summed E-state index contributed by atoms with van der Waals surface area (Å²) in [5.41, 5.74) is 2.20. The topological polar surface area (TPSA) is 89.3 Å². The molecule has 2 amide bonds. The lowest BCUT2D eigenvalue weighted by atomic mass is 10.1. The first-order valence-electron chi connectivity index (χ1n) is 8.27. The molecule has 1 saturated heterocycles. The number of hydrogen-bond acceptors (Lipinski definition) is 6. The number of anilines is 1. The van der Waals surface area contributed by atoms with E-state index in [1.54, 1.807) is 26.2 Å². The average molecular weight is 369 g/mol. The third kappa shape index (κ3) is 3.39. The SMILES string of the molecule is CNC(=O)c1ccc(-c2csc(N(C)C(=O)[C@@H]3CCCN3C#N)n2)cc1. The quantitative estimate of drug-likeness (QED) is 0.834. The first-order valence-corrected chi connectivity index (χ1v) is 9.15. The van der Waals surface area contributed by atoms with E-state index >= 15 is 0 Å². The second-order valence-electron chi connectivity index (χ2n) is 6.02. The Labute approximate surface area is 155 Å². The summed E-state index contributed by atoms with van der Waals surface area (Å²) in [6, 6.07) is 6.75. The molecule has 0 spiro atoms. The van der Waals surface area contributed by atoms with Gasteiger partial charge in [0.1, 0.15) is 6.04 Å². The van der Waals surface area contributed by atoms with E-state index in [1.807, 2.05) is 17.5 Å². The smallest absolute Gasteiger partial charge is 0.251 e. The number of nitrogens with zero attached hydrogens (tertiary/aromatic N) is 4. The molecule has 1 aromatic carbocycles. The van der Waals surface area contributed by atoms with E-state index in [0.29, 0.717) is 23.7 Å². The van der Waals surface area contributed by atoms with E-state index in [4.69, 9.17) is 5.26 Å². The molecule has 0 radical (unpaired) electrons. The summed E-state index contributed by atoms with van der Waals surface area (Å²) in [6.45, 7) is 0.627. The van der Waals surface area contributed by atoms with Gasteiger partial charge in [-0.3, -0.25) is 19.4 Å². The molecular formula is C18H19N5O2S. The van der Waals surface area contributed by atoms with Gasteiger partial charge in [-0.05, 0) is 25.0 Å². The third-order valence-corrected chi connectivity index (χ3v) is 5.36. The van der Waals surface area contributed by atoms with Crippen LogP contribution >= 0.6 is 11.3 Å². The van der Waals surface area contributed by atoms with Crippen molar-refractivity contribution in [3.05, 3.63) is 35.2 Å². The Morgan fingerprint density at radius 1 is 1.38 bits per heavy atom. The maximum atomic E-state index is 12.7. The average Bonchev–Trinajstić information content (AvgIpc) is 3.35. The molecule has 1 atom stereocenters. The summed E-state index contributed by atoms with van der Waals surface area (Å²) in [6.07, 6.45) is 3.62. The molecule has 1 N–H and O–H groups in total. The Balaban J connectivity index is 1.76. The summed E-state index contributed by atoms with van der Waals surface area (Å²) < 4.78 is 0. The first-order chi connectivity index (χ1) is 12.5. The van der Waals surface area contributed by atoms with Gasteiger partial charge in [0, 0.05) is 37.1 Å². The lowest BCUT2D eigenvalue weighted by Crippen LogP contribution is -2.42. The molecule has 1 aromatic heterocycles. The molecule has 3 rings (SSSR count). The molecule has 1 aliphatic heterocycles. The number of likely N-dealkylation sites (tertiary alicyclic amines) is 1. The molecule has 0 aliphatic carbocycles. The van der Waals surface area contributed by atoms with Gasteiger partial charge >= 0.3 is 0 Å². The van der Waals surface area contributed by atoms with Crippen molar-refractivity contribution in [2.75, 3.05) is 25.5 Å². The van der Waals surface area contributed by atoms with Crippen LogP contribution in [0.2, 0.25) is 0 Å². The number of thiazole rings is 1. The molecule has 0 saturated carbocycles. The van der Waals surface area contributed by atoms with Crippen LogP contribution in [0.4, 0.5) is 5.13 Å². The highest BCUT2D eigenvalue weighted by atomic mass is 32.1. The molecule has 1 aliphatic rings. The zero-order valence-corrected chi connectivity index (χ0v) is 15.4. The van der Waals surface area contributed by atoms with Gasteiger partial charge in [0.2, 0.25) is 0 Å². The zero-order chi connectivity index (χ0) is 18.7. The van der Waals surface area contributed by atoms with Crippen LogP contribution in [-0.2, 0) is 4.79 Å². The van der Waals surface area contributed by atoms with E-state index in [2.05, 4.69) is 16.5 Å². The standard InChI is InChI=1S/C18H19N5O2S/c1-20-16(24)13-7-5-12(6-8-13)14-10-26-18(21-14)22(2)17(25)15-4-3-9-23(15)11-19/h5-8,10,15H,3-4,9H2,1-2H3,(H,20,24)/t15-/m0/s1. The number of carbonyl (C=O) groups excluding carboxylic acids is 2. The van der Waals surface area contributed by atoms with Gasteiger partial charge in [-0.2, -0.15) is 5.26 Å². The molecule has 26 heavy (non-hydrogen) atoms. The molecule has 2 heterocycles. The fraction of sp³-hybridized carbons (Fsp3) is 0.333. The minimum absolute atomic E-state index is 0.111. The largest absolute Gasteiger partial charge is 0.355 e. The van der Waals surface area contributed by atoms with Crippen molar-refractivity contribution >= 4 is 28.3 Å². The highest BCUT2D eigenvalue weighted by molar-refractivity contribution is 7.14. The van der Waals surface area contributed by atoms with Crippen LogP contribution in [-0.4, -0.2) is 48.4 Å². The minimum Gasteiger partial charge on any atom is -0.355 e. The molecule has 0 unspecified atom stereocenters. The number of rotatable bonds is 4. The lowest BCUT2D eigenvalue weighted by molar-refractivity contribution is -0.121. The van der Waals surface area contributed by atoms with E-state index < -0.39 is 6.04 Å². The monoisotopic (exact) mass is 369 g/mol. The Morgan fingerprint density at radius 3 is 2.77 bits per heavy atom. The van der Waals surface area contributed by atoms with E-state index in [9.17, 15) is 9.59 Å². The lowest BCUT2D eigenvalue weighted by Gasteiger charge is -2.22. The molecule has 2 aromatic rings. The number of nitriles is 1. The van der Waals surface area contributed by atoms with Crippen molar-refractivity contribution < 1.29 is 9.59 Å². The summed E-state index contributed by atoms with van der Waals surface area (Å²) in [4.78, 5) is 31.9. The van der Waals surface area contributed by atoms with Crippen molar-refractivity contribution in [2.24, 2.45) is 0 Å². The first kappa shape index (κ1) is 17.9. The molecular weight excluding hydrogens is 350 g/mol. The van der Waals surface area contributed by atoms with E-state index in [1.165, 1.54) is 21.1 Å². The zero-order valence-electron chi connectivity index (χ0n) is 14.6. The van der Waals surface area contributed by atoms with Gasteiger partial charge in [-0.25, -0.2) is 4.98 Å². The van der Waals surface area contributed by atoms with Crippen LogP contribution in [0.15, 0.2) is 29.6 Å². The highest BCUT2D eigenvalue weighted by Gasteiger charge is 2.33. The summed E-state index contributed by atoms with van der Waals surface area (Å²) in [7, 11) is 3.28. The van der Waals surface area contributed by atoms with Crippen LogP contribution < -0.4 is 10.2 Å². The number of hydrogen-bond donors (Lipinski definition) is 1. The molecule has 134 valence electrons. The number of likely N-dealkylation sites (N-methyl/N-ethyl adjacent to an activating group) is 1.